The van der Waals surface area contributed by atoms with Gasteiger partial charge in [-0.1, -0.05) is 19.4 Å². The Bertz CT molecular complexity index is 665. The predicted octanol–water partition coefficient (Wildman–Crippen LogP) is 4.38. The molecule has 0 fully saturated rings. The molecule has 0 aliphatic rings. The van der Waals surface area contributed by atoms with Gasteiger partial charge in [0.2, 0.25) is 0 Å². The van der Waals surface area contributed by atoms with Gasteiger partial charge in [0.05, 0.1) is 0 Å². The van der Waals surface area contributed by atoms with Crippen LogP contribution in [-0.2, 0) is 6.42 Å². The second-order valence-electron chi connectivity index (χ2n) is 4.87. The zero-order chi connectivity index (χ0) is 16.5. The second kappa shape index (κ2) is 8.96. The number of nitriles is 1. The summed E-state index contributed by atoms with van der Waals surface area (Å²) >= 11 is 1.12. The Morgan fingerprint density at radius 2 is 1.83 bits per heavy atom. The summed E-state index contributed by atoms with van der Waals surface area (Å²) < 4.78 is 11.3. The summed E-state index contributed by atoms with van der Waals surface area (Å²) in [5.74, 6) is 1.72. The highest BCUT2D eigenvalue weighted by molar-refractivity contribution is 8.03. The SMILES string of the molecule is CCCc1c(O)cccc1OCCOc1ccc(SC#N)cc1. The van der Waals surface area contributed by atoms with E-state index in [1.54, 1.807) is 12.1 Å². The van der Waals surface area contributed by atoms with Crippen LogP contribution in [0.15, 0.2) is 47.4 Å². The molecular formula is C18H19NO3S. The maximum absolute atomic E-state index is 9.89. The topological polar surface area (TPSA) is 62.5 Å². The van der Waals surface area contributed by atoms with Crippen LogP contribution in [0.25, 0.3) is 0 Å². The largest absolute Gasteiger partial charge is 0.508 e. The van der Waals surface area contributed by atoms with Crippen LogP contribution in [0, 0.1) is 10.7 Å². The average Bonchev–Trinajstić information content (AvgIpc) is 2.56. The lowest BCUT2D eigenvalue weighted by Crippen LogP contribution is -2.10. The Labute approximate surface area is 140 Å². The van der Waals surface area contributed by atoms with E-state index in [2.05, 4.69) is 6.92 Å². The molecule has 0 aromatic heterocycles. The second-order valence-corrected chi connectivity index (χ2v) is 5.72. The van der Waals surface area contributed by atoms with Gasteiger partial charge in [0.1, 0.15) is 35.9 Å². The van der Waals surface area contributed by atoms with Gasteiger partial charge >= 0.3 is 0 Å². The minimum atomic E-state index is 0.274. The van der Waals surface area contributed by atoms with E-state index in [9.17, 15) is 5.11 Å². The molecule has 0 unspecified atom stereocenters. The fourth-order valence-electron chi connectivity index (χ4n) is 2.16. The molecular weight excluding hydrogens is 310 g/mol. The molecule has 0 heterocycles. The molecule has 0 amide bonds. The molecule has 1 N–H and O–H groups in total. The molecule has 0 atom stereocenters. The molecule has 2 aromatic rings. The number of rotatable bonds is 8. The number of nitrogens with zero attached hydrogens (tertiary/aromatic N) is 1. The highest BCUT2D eigenvalue weighted by Gasteiger charge is 2.08. The summed E-state index contributed by atoms with van der Waals surface area (Å²) in [4.78, 5) is 0.889. The molecule has 5 heteroatoms. The molecule has 2 aromatic carbocycles. The lowest BCUT2D eigenvalue weighted by molar-refractivity contribution is 0.215. The van der Waals surface area contributed by atoms with Gasteiger partial charge in [-0.2, -0.15) is 5.26 Å². The minimum absolute atomic E-state index is 0.274. The zero-order valence-electron chi connectivity index (χ0n) is 13.0. The van der Waals surface area contributed by atoms with Crippen LogP contribution in [0.1, 0.15) is 18.9 Å². The summed E-state index contributed by atoms with van der Waals surface area (Å²) in [6.07, 6.45) is 1.72. The lowest BCUT2D eigenvalue weighted by atomic mass is 10.1. The first-order valence-electron chi connectivity index (χ1n) is 7.47. The van der Waals surface area contributed by atoms with Crippen LogP contribution in [0.3, 0.4) is 0 Å². The Morgan fingerprint density at radius 3 is 2.52 bits per heavy atom. The predicted molar refractivity (Wildman–Crippen MR) is 91.0 cm³/mol. The Kier molecular flexibility index (Phi) is 6.64. The van der Waals surface area contributed by atoms with Crippen molar-refractivity contribution in [1.82, 2.24) is 0 Å². The number of thiocyanates is 1. The monoisotopic (exact) mass is 329 g/mol. The highest BCUT2D eigenvalue weighted by atomic mass is 32.2. The Balaban J connectivity index is 1.84. The molecule has 0 aliphatic carbocycles. The van der Waals surface area contributed by atoms with Crippen molar-refractivity contribution in [3.05, 3.63) is 48.0 Å². The maximum atomic E-state index is 9.89. The van der Waals surface area contributed by atoms with E-state index in [1.807, 2.05) is 35.7 Å². The number of hydrogen-bond donors (Lipinski definition) is 1. The summed E-state index contributed by atoms with van der Waals surface area (Å²) in [5, 5.41) is 20.5. The van der Waals surface area contributed by atoms with Gasteiger partial charge in [-0.25, -0.2) is 0 Å². The third-order valence-electron chi connectivity index (χ3n) is 3.21. The van der Waals surface area contributed by atoms with E-state index in [1.165, 1.54) is 0 Å². The van der Waals surface area contributed by atoms with Gasteiger partial charge in [0.25, 0.3) is 0 Å². The van der Waals surface area contributed by atoms with Crippen LogP contribution in [-0.4, -0.2) is 18.3 Å². The van der Waals surface area contributed by atoms with Gasteiger partial charge in [0.15, 0.2) is 0 Å². The van der Waals surface area contributed by atoms with Gasteiger partial charge < -0.3 is 14.6 Å². The van der Waals surface area contributed by atoms with E-state index in [-0.39, 0.29) is 5.75 Å². The third kappa shape index (κ3) is 5.11. The summed E-state index contributed by atoms with van der Waals surface area (Å²) in [5.41, 5.74) is 0.841. The lowest BCUT2D eigenvalue weighted by Gasteiger charge is -2.13. The number of hydrogen-bond acceptors (Lipinski definition) is 5. The molecule has 2 rings (SSSR count). The van der Waals surface area contributed by atoms with Gasteiger partial charge in [-0.15, -0.1) is 0 Å². The number of thioether (sulfide) groups is 1. The molecule has 4 nitrogen and oxygen atoms in total. The number of phenols is 1. The molecule has 0 saturated carbocycles. The van der Waals surface area contributed by atoms with Gasteiger partial charge in [-0.3, -0.25) is 0 Å². The molecule has 0 saturated heterocycles. The van der Waals surface area contributed by atoms with Crippen LogP contribution in [0.2, 0.25) is 0 Å². The molecule has 120 valence electrons. The van der Waals surface area contributed by atoms with Gasteiger partial charge in [0, 0.05) is 10.5 Å². The zero-order valence-corrected chi connectivity index (χ0v) is 13.8. The van der Waals surface area contributed by atoms with Crippen molar-refractivity contribution < 1.29 is 14.6 Å². The fourth-order valence-corrected chi connectivity index (χ4v) is 2.54. The van der Waals surface area contributed by atoms with Crippen molar-refractivity contribution in [2.45, 2.75) is 24.7 Å². The quantitative estimate of drug-likeness (QED) is 0.442. The number of benzene rings is 2. The first kappa shape index (κ1) is 17.0. The first-order chi connectivity index (χ1) is 11.2. The smallest absolute Gasteiger partial charge is 0.138 e. The summed E-state index contributed by atoms with van der Waals surface area (Å²) in [6.45, 7) is 2.87. The Morgan fingerprint density at radius 1 is 1.09 bits per heavy atom. The maximum Gasteiger partial charge on any atom is 0.138 e. The molecule has 0 aliphatic heterocycles. The van der Waals surface area contributed by atoms with Crippen molar-refractivity contribution in [1.29, 1.82) is 5.26 Å². The fraction of sp³-hybridized carbons (Fsp3) is 0.278. The van der Waals surface area contributed by atoms with E-state index in [0.29, 0.717) is 19.0 Å². The molecule has 23 heavy (non-hydrogen) atoms. The van der Waals surface area contributed by atoms with Gasteiger partial charge in [-0.05, 0) is 54.6 Å². The molecule has 0 spiro atoms. The van der Waals surface area contributed by atoms with E-state index in [4.69, 9.17) is 14.7 Å². The average molecular weight is 329 g/mol. The van der Waals surface area contributed by atoms with Crippen molar-refractivity contribution in [3.63, 3.8) is 0 Å². The minimum Gasteiger partial charge on any atom is -0.508 e. The van der Waals surface area contributed by atoms with Crippen LogP contribution in [0.5, 0.6) is 17.2 Å². The van der Waals surface area contributed by atoms with Crippen LogP contribution in [0.4, 0.5) is 0 Å². The van der Waals surface area contributed by atoms with Crippen LogP contribution < -0.4 is 9.47 Å². The summed E-state index contributed by atoms with van der Waals surface area (Å²) in [7, 11) is 0. The number of aromatic hydroxyl groups is 1. The Hall–Kier alpha value is -2.32. The van der Waals surface area contributed by atoms with Crippen molar-refractivity contribution in [2.75, 3.05) is 13.2 Å². The van der Waals surface area contributed by atoms with Crippen LogP contribution >= 0.6 is 11.8 Å². The van der Waals surface area contributed by atoms with E-state index in [0.717, 1.165) is 40.8 Å². The summed E-state index contributed by atoms with van der Waals surface area (Å²) in [6, 6.07) is 12.7. The third-order valence-corrected chi connectivity index (χ3v) is 3.80. The molecule has 0 radical (unpaired) electrons. The van der Waals surface area contributed by atoms with Crippen molar-refractivity contribution in [2.24, 2.45) is 0 Å². The van der Waals surface area contributed by atoms with Crippen molar-refractivity contribution in [3.8, 4) is 22.6 Å². The standard InChI is InChI=1S/C18H19NO3S/c1-2-4-16-17(20)5-3-6-18(16)22-12-11-21-14-7-9-15(10-8-14)23-13-19/h3,5-10,20H,2,4,11-12H2,1H3. The normalized spacial score (nSPS) is 10.1. The number of phenolic OH excluding ortho intramolecular Hbond substituents is 1. The highest BCUT2D eigenvalue weighted by Crippen LogP contribution is 2.28. The number of ether oxygens (including phenoxy) is 2. The molecule has 0 bridgehead atoms. The first-order valence-corrected chi connectivity index (χ1v) is 8.28. The van der Waals surface area contributed by atoms with Crippen molar-refractivity contribution >= 4 is 11.8 Å². The van der Waals surface area contributed by atoms with E-state index >= 15 is 0 Å². The van der Waals surface area contributed by atoms with E-state index < -0.39 is 0 Å².